The maximum absolute atomic E-state index is 6.10. The number of nitrogen functional groups attached to an aromatic ring is 1. The number of fused-ring (bicyclic) bond motifs is 1. The Morgan fingerprint density at radius 2 is 2.05 bits per heavy atom. The van der Waals surface area contributed by atoms with E-state index in [1.807, 2.05) is 48.9 Å². The fraction of sp³-hybridized carbons (Fsp3) is 0.200. The van der Waals surface area contributed by atoms with Gasteiger partial charge in [0.1, 0.15) is 0 Å². The summed E-state index contributed by atoms with van der Waals surface area (Å²) in [6.45, 7) is 4.71. The second-order valence-electron chi connectivity index (χ2n) is 4.67. The molecule has 0 aliphatic carbocycles. The molecule has 0 aliphatic heterocycles. The van der Waals surface area contributed by atoms with E-state index in [9.17, 15) is 0 Å². The van der Waals surface area contributed by atoms with Crippen LogP contribution in [-0.2, 0) is 6.54 Å². The van der Waals surface area contributed by atoms with Gasteiger partial charge in [0, 0.05) is 18.1 Å². The molecule has 5 heteroatoms. The lowest BCUT2D eigenvalue weighted by Crippen LogP contribution is -2.04. The lowest BCUT2D eigenvalue weighted by molar-refractivity contribution is 0.661. The number of benzene rings is 1. The van der Waals surface area contributed by atoms with E-state index < -0.39 is 0 Å². The normalized spacial score (nSPS) is 10.9. The number of hydrogen-bond acceptors (Lipinski definition) is 4. The van der Waals surface area contributed by atoms with Crippen LogP contribution in [-0.4, -0.2) is 14.8 Å². The van der Waals surface area contributed by atoms with Gasteiger partial charge in [0.25, 0.3) is 0 Å². The third-order valence-electron chi connectivity index (χ3n) is 3.36. The van der Waals surface area contributed by atoms with E-state index in [0.29, 0.717) is 5.69 Å². The summed E-state index contributed by atoms with van der Waals surface area (Å²) in [7, 11) is 0. The molecule has 2 aromatic heterocycles. The Bertz CT molecular complexity index is 755. The monoisotopic (exact) mass is 267 g/mol. The minimum absolute atomic E-state index is 0.680. The largest absolute Gasteiger partial charge is 0.394 e. The van der Waals surface area contributed by atoms with E-state index in [0.717, 1.165) is 34.6 Å². The molecule has 3 N–H and O–H groups in total. The molecule has 0 bridgehead atoms. The molecule has 0 atom stereocenters. The number of pyridine rings is 1. The molecule has 0 amide bonds. The standard InChI is InChI=1S/C15H17N5/c1-3-20-15(13(16)10(2)19-20)18-12-8-4-6-11-7-5-9-17-14(11)12/h4-9,18H,3,16H2,1-2H3. The molecule has 1 aromatic carbocycles. The SMILES string of the molecule is CCn1nc(C)c(N)c1Nc1cccc2cccnc12. The molecule has 0 saturated heterocycles. The van der Waals surface area contributed by atoms with Gasteiger partial charge in [0.15, 0.2) is 5.82 Å². The third kappa shape index (κ3) is 1.97. The van der Waals surface area contributed by atoms with Crippen LogP contribution in [0.5, 0.6) is 0 Å². The lowest BCUT2D eigenvalue weighted by atomic mass is 10.2. The van der Waals surface area contributed by atoms with Crippen LogP contribution in [0, 0.1) is 6.92 Å². The summed E-state index contributed by atoms with van der Waals surface area (Å²) < 4.78 is 1.87. The van der Waals surface area contributed by atoms with Gasteiger partial charge in [0.2, 0.25) is 0 Å². The third-order valence-corrected chi connectivity index (χ3v) is 3.36. The Balaban J connectivity index is 2.10. The maximum Gasteiger partial charge on any atom is 0.152 e. The lowest BCUT2D eigenvalue weighted by Gasteiger charge is -2.11. The van der Waals surface area contributed by atoms with E-state index in [-0.39, 0.29) is 0 Å². The fourth-order valence-corrected chi connectivity index (χ4v) is 2.29. The van der Waals surface area contributed by atoms with Crippen LogP contribution in [0.25, 0.3) is 10.9 Å². The maximum atomic E-state index is 6.10. The highest BCUT2D eigenvalue weighted by Gasteiger charge is 2.12. The Labute approximate surface area is 117 Å². The van der Waals surface area contributed by atoms with Crippen molar-refractivity contribution in [1.82, 2.24) is 14.8 Å². The highest BCUT2D eigenvalue weighted by molar-refractivity contribution is 5.92. The van der Waals surface area contributed by atoms with Gasteiger partial charge in [-0.1, -0.05) is 18.2 Å². The first-order valence-electron chi connectivity index (χ1n) is 6.64. The summed E-state index contributed by atoms with van der Waals surface area (Å²) in [6, 6.07) is 10.0. The number of nitrogens with two attached hydrogens (primary N) is 1. The highest BCUT2D eigenvalue weighted by Crippen LogP contribution is 2.29. The molecule has 0 saturated carbocycles. The second-order valence-corrected chi connectivity index (χ2v) is 4.67. The molecule has 5 nitrogen and oxygen atoms in total. The minimum atomic E-state index is 0.680. The van der Waals surface area contributed by atoms with Gasteiger partial charge < -0.3 is 11.1 Å². The molecule has 0 aliphatic rings. The molecule has 0 unspecified atom stereocenters. The van der Waals surface area contributed by atoms with Gasteiger partial charge in [-0.2, -0.15) is 5.10 Å². The van der Waals surface area contributed by atoms with E-state index in [4.69, 9.17) is 5.73 Å². The molecule has 0 radical (unpaired) electrons. The molecule has 2 heterocycles. The van der Waals surface area contributed by atoms with Crippen molar-refractivity contribution < 1.29 is 0 Å². The van der Waals surface area contributed by atoms with Crippen molar-refractivity contribution in [3.05, 3.63) is 42.2 Å². The number of aromatic nitrogens is 3. The zero-order valence-corrected chi connectivity index (χ0v) is 11.6. The number of nitrogens with zero attached hydrogens (tertiary/aromatic N) is 3. The zero-order chi connectivity index (χ0) is 14.1. The topological polar surface area (TPSA) is 68.8 Å². The molecular weight excluding hydrogens is 250 g/mol. The first-order chi connectivity index (χ1) is 9.70. The Hall–Kier alpha value is -2.56. The molecule has 0 spiro atoms. The smallest absolute Gasteiger partial charge is 0.152 e. The highest BCUT2D eigenvalue weighted by atomic mass is 15.3. The van der Waals surface area contributed by atoms with Gasteiger partial charge in [0.05, 0.1) is 22.6 Å². The van der Waals surface area contributed by atoms with Crippen LogP contribution in [0.2, 0.25) is 0 Å². The fourth-order valence-electron chi connectivity index (χ4n) is 2.29. The van der Waals surface area contributed by atoms with Gasteiger partial charge in [-0.3, -0.25) is 4.98 Å². The number of para-hydroxylation sites is 1. The van der Waals surface area contributed by atoms with Crippen molar-refractivity contribution in [3.8, 4) is 0 Å². The number of hydrogen-bond donors (Lipinski definition) is 2. The van der Waals surface area contributed by atoms with Crippen molar-refractivity contribution in [2.45, 2.75) is 20.4 Å². The van der Waals surface area contributed by atoms with Gasteiger partial charge in [-0.15, -0.1) is 0 Å². The summed E-state index contributed by atoms with van der Waals surface area (Å²) in [4.78, 5) is 4.44. The van der Waals surface area contributed by atoms with E-state index in [2.05, 4.69) is 15.4 Å². The summed E-state index contributed by atoms with van der Waals surface area (Å²) in [5.41, 5.74) is 9.48. The summed E-state index contributed by atoms with van der Waals surface area (Å²) in [6.07, 6.45) is 1.79. The predicted molar refractivity (Wildman–Crippen MR) is 82.1 cm³/mol. The molecular formula is C15H17N5. The van der Waals surface area contributed by atoms with Crippen LogP contribution in [0.3, 0.4) is 0 Å². The summed E-state index contributed by atoms with van der Waals surface area (Å²) in [5.74, 6) is 0.822. The zero-order valence-electron chi connectivity index (χ0n) is 11.6. The molecule has 102 valence electrons. The summed E-state index contributed by atoms with van der Waals surface area (Å²) >= 11 is 0. The van der Waals surface area contributed by atoms with Gasteiger partial charge in [-0.25, -0.2) is 4.68 Å². The molecule has 0 fully saturated rings. The Morgan fingerprint density at radius 3 is 2.85 bits per heavy atom. The van der Waals surface area contributed by atoms with Crippen molar-refractivity contribution in [2.24, 2.45) is 0 Å². The minimum Gasteiger partial charge on any atom is -0.394 e. The predicted octanol–water partition coefficient (Wildman–Crippen LogP) is 3.09. The van der Waals surface area contributed by atoms with E-state index in [1.54, 1.807) is 6.20 Å². The number of rotatable bonds is 3. The van der Waals surface area contributed by atoms with Crippen molar-refractivity contribution in [1.29, 1.82) is 0 Å². The van der Waals surface area contributed by atoms with Crippen molar-refractivity contribution >= 4 is 28.1 Å². The van der Waals surface area contributed by atoms with E-state index in [1.165, 1.54) is 0 Å². The molecule has 3 rings (SSSR count). The Morgan fingerprint density at radius 1 is 1.25 bits per heavy atom. The van der Waals surface area contributed by atoms with Crippen LogP contribution in [0.15, 0.2) is 36.5 Å². The Kier molecular flexibility index (Phi) is 3.02. The van der Waals surface area contributed by atoms with Gasteiger partial charge >= 0.3 is 0 Å². The quantitative estimate of drug-likeness (QED) is 0.765. The first-order valence-corrected chi connectivity index (χ1v) is 6.64. The average Bonchev–Trinajstić information content (AvgIpc) is 2.75. The van der Waals surface area contributed by atoms with Crippen LogP contribution in [0.4, 0.5) is 17.2 Å². The number of nitrogens with one attached hydrogen (secondary N) is 1. The summed E-state index contributed by atoms with van der Waals surface area (Å²) in [5, 5.41) is 8.88. The van der Waals surface area contributed by atoms with Crippen LogP contribution in [0.1, 0.15) is 12.6 Å². The van der Waals surface area contributed by atoms with Crippen LogP contribution >= 0.6 is 0 Å². The number of anilines is 3. The number of aryl methyl sites for hydroxylation is 2. The first kappa shape index (κ1) is 12.5. The van der Waals surface area contributed by atoms with E-state index >= 15 is 0 Å². The molecule has 3 aromatic rings. The molecule has 20 heavy (non-hydrogen) atoms. The van der Waals surface area contributed by atoms with Gasteiger partial charge in [-0.05, 0) is 26.0 Å². The average molecular weight is 267 g/mol. The van der Waals surface area contributed by atoms with Crippen molar-refractivity contribution in [3.63, 3.8) is 0 Å². The second kappa shape index (κ2) is 4.85. The van der Waals surface area contributed by atoms with Crippen molar-refractivity contribution in [2.75, 3.05) is 11.1 Å². The van der Waals surface area contributed by atoms with Crippen LogP contribution < -0.4 is 11.1 Å².